The summed E-state index contributed by atoms with van der Waals surface area (Å²) in [5, 5.41) is 0. The first-order valence-corrected chi connectivity index (χ1v) is 26.6. The van der Waals surface area contributed by atoms with Gasteiger partial charge >= 0.3 is 40.8 Å². The Bertz CT molecular complexity index is 1360. The first-order valence-electron chi connectivity index (χ1n) is 22.2. The van der Waals surface area contributed by atoms with Gasteiger partial charge in [0.05, 0.1) is 36.6 Å². The first-order chi connectivity index (χ1) is 28.2. The molecule has 3 rings (SSSR count). The average molecular weight is 1050 g/mol. The van der Waals surface area contributed by atoms with Crippen LogP contribution in [0.3, 0.4) is 0 Å². The van der Waals surface area contributed by atoms with Gasteiger partial charge in [0.2, 0.25) is 0 Å². The molecule has 349 valence electrons. The van der Waals surface area contributed by atoms with E-state index < -0.39 is 40.3 Å². The van der Waals surface area contributed by atoms with E-state index in [1.807, 2.05) is 36.5 Å². The van der Waals surface area contributed by atoms with E-state index in [0.717, 1.165) is 77.0 Å². The Morgan fingerprint density at radius 3 is 0.902 bits per heavy atom. The van der Waals surface area contributed by atoms with E-state index >= 15 is 0 Å². The fourth-order valence-corrected chi connectivity index (χ4v) is 9.73. The molecule has 0 saturated carbocycles. The van der Waals surface area contributed by atoms with Crippen LogP contribution in [0.5, 0.6) is 0 Å². The molecular formula is C45H78NdO12P3. The molecule has 3 aliphatic rings. The summed E-state index contributed by atoms with van der Waals surface area (Å²) in [6.07, 6.45) is 35.8. The summed E-state index contributed by atoms with van der Waals surface area (Å²) < 4.78 is 66.6. The number of hydrogen-bond acceptors (Lipinski definition) is 12. The second-order valence-electron chi connectivity index (χ2n) is 16.7. The number of phosphoric acid groups is 3. The van der Waals surface area contributed by atoms with Crippen molar-refractivity contribution < 1.29 is 96.4 Å². The summed E-state index contributed by atoms with van der Waals surface area (Å²) >= 11 is 0. The van der Waals surface area contributed by atoms with Gasteiger partial charge in [0.1, 0.15) is 0 Å². The zero-order valence-electron chi connectivity index (χ0n) is 38.6. The SMILES string of the molecule is CCCCC(CC)COP(=O)([O-])OC1(C)C=CC=CC1.CCCCC(CC)COP(=O)([O-])OC1(C)C=CC=CC1.CCCCC(CC)COP(=O)([O-])OC1(C)C=CC=CC1.[Nd+3]. The predicted octanol–water partition coefficient (Wildman–Crippen LogP) is 11.9. The predicted molar refractivity (Wildman–Crippen MR) is 238 cm³/mol. The summed E-state index contributed by atoms with van der Waals surface area (Å²) in [5.41, 5.74) is -2.47. The third-order valence-electron chi connectivity index (χ3n) is 10.7. The van der Waals surface area contributed by atoms with Gasteiger partial charge in [-0.15, -0.1) is 0 Å². The maximum absolute atomic E-state index is 11.9. The Labute approximate surface area is 402 Å². The van der Waals surface area contributed by atoms with Crippen LogP contribution >= 0.6 is 23.5 Å². The van der Waals surface area contributed by atoms with Gasteiger partial charge in [0, 0.05) is 0 Å². The van der Waals surface area contributed by atoms with E-state index in [0.29, 0.717) is 19.3 Å². The smallest absolute Gasteiger partial charge is 0.756 e. The van der Waals surface area contributed by atoms with E-state index in [9.17, 15) is 28.4 Å². The van der Waals surface area contributed by atoms with Crippen LogP contribution in [0.15, 0.2) is 72.9 Å². The Morgan fingerprint density at radius 1 is 0.475 bits per heavy atom. The van der Waals surface area contributed by atoms with Gasteiger partial charge in [-0.05, 0) is 77.0 Å². The molecular weight excluding hydrogens is 970 g/mol. The molecule has 9 atom stereocenters. The number of unbranched alkanes of at least 4 members (excludes halogenated alkanes) is 3. The summed E-state index contributed by atoms with van der Waals surface area (Å²) in [6.45, 7) is 18.4. The standard InChI is InChI=1S/3C15H27O4P.Nd/c3*1-4-6-10-14(5-2)13-18-20(16,17)19-15(3)11-8-7-9-12-15;/h3*7-9,11,14H,4-6,10,12-13H2,1-3H3,(H,16,17);/q;;;+3/p-3. The van der Waals surface area contributed by atoms with Crippen LogP contribution in [0.2, 0.25) is 0 Å². The molecule has 12 nitrogen and oxygen atoms in total. The molecule has 0 bridgehead atoms. The van der Waals surface area contributed by atoms with Crippen molar-refractivity contribution in [1.29, 1.82) is 0 Å². The largest absolute Gasteiger partial charge is 3.00 e. The van der Waals surface area contributed by atoms with Crippen molar-refractivity contribution in [1.82, 2.24) is 0 Å². The van der Waals surface area contributed by atoms with Crippen LogP contribution in [0.1, 0.15) is 159 Å². The van der Waals surface area contributed by atoms with E-state index in [-0.39, 0.29) is 78.4 Å². The number of allylic oxidation sites excluding steroid dienone is 6. The molecule has 16 heteroatoms. The van der Waals surface area contributed by atoms with Crippen molar-refractivity contribution in [2.75, 3.05) is 19.8 Å². The van der Waals surface area contributed by atoms with Gasteiger partial charge in [0.25, 0.3) is 23.5 Å². The Morgan fingerprint density at radius 2 is 0.721 bits per heavy atom. The van der Waals surface area contributed by atoms with Gasteiger partial charge in [0.15, 0.2) is 0 Å². The van der Waals surface area contributed by atoms with Crippen LogP contribution in [-0.4, -0.2) is 36.6 Å². The molecule has 0 fully saturated rings. The molecule has 0 saturated heterocycles. The maximum Gasteiger partial charge on any atom is 3.00 e. The van der Waals surface area contributed by atoms with Crippen molar-refractivity contribution in [3.8, 4) is 0 Å². The molecule has 1 radical (unpaired) electrons. The molecule has 0 spiro atoms. The monoisotopic (exact) mass is 1050 g/mol. The molecule has 61 heavy (non-hydrogen) atoms. The molecule has 9 unspecified atom stereocenters. The van der Waals surface area contributed by atoms with Gasteiger partial charge in [-0.2, -0.15) is 0 Å². The third kappa shape index (κ3) is 28.7. The molecule has 0 aromatic carbocycles. The van der Waals surface area contributed by atoms with Crippen LogP contribution in [0, 0.1) is 58.6 Å². The van der Waals surface area contributed by atoms with Crippen molar-refractivity contribution in [3.63, 3.8) is 0 Å². The quantitative estimate of drug-likeness (QED) is 0.0713. The fourth-order valence-electron chi connectivity index (χ4n) is 6.46. The number of phosphoric ester groups is 3. The molecule has 0 aromatic heterocycles. The molecule has 0 N–H and O–H groups in total. The number of rotatable bonds is 27. The molecule has 3 aliphatic carbocycles. The zero-order chi connectivity index (χ0) is 45.2. The first kappa shape index (κ1) is 61.1. The Kier molecular flexibility index (Phi) is 32.0. The minimum absolute atomic E-state index is 0. The normalized spacial score (nSPS) is 26.0. The van der Waals surface area contributed by atoms with Gasteiger partial charge < -0.3 is 41.8 Å². The topological polar surface area (TPSA) is 176 Å². The fraction of sp³-hybridized carbons (Fsp3) is 0.733. The zero-order valence-corrected chi connectivity index (χ0v) is 44.5. The molecule has 0 amide bonds. The second-order valence-corrected chi connectivity index (χ2v) is 20.7. The van der Waals surface area contributed by atoms with Crippen molar-refractivity contribution >= 4 is 23.5 Å². The third-order valence-corrected chi connectivity index (χ3v) is 14.0. The minimum atomic E-state index is -4.26. The van der Waals surface area contributed by atoms with Crippen molar-refractivity contribution in [3.05, 3.63) is 72.9 Å². The summed E-state index contributed by atoms with van der Waals surface area (Å²) in [5.74, 6) is 0.821. The van der Waals surface area contributed by atoms with Crippen LogP contribution in [-0.2, 0) is 40.8 Å². The van der Waals surface area contributed by atoms with Gasteiger partial charge in [-0.25, -0.2) is 0 Å². The van der Waals surface area contributed by atoms with Crippen LogP contribution < -0.4 is 14.7 Å². The molecule has 0 aromatic rings. The van der Waals surface area contributed by atoms with E-state index in [1.54, 1.807) is 57.2 Å². The van der Waals surface area contributed by atoms with Crippen LogP contribution in [0.4, 0.5) is 0 Å². The van der Waals surface area contributed by atoms with Crippen LogP contribution in [0.25, 0.3) is 0 Å². The second kappa shape index (κ2) is 31.9. The molecule has 0 aliphatic heterocycles. The van der Waals surface area contributed by atoms with Crippen molar-refractivity contribution in [2.45, 2.75) is 175 Å². The summed E-state index contributed by atoms with van der Waals surface area (Å²) in [6, 6.07) is 0. The van der Waals surface area contributed by atoms with Gasteiger partial charge in [-0.3, -0.25) is 13.7 Å². The van der Waals surface area contributed by atoms with Crippen molar-refractivity contribution in [2.24, 2.45) is 17.8 Å². The number of hydrogen-bond donors (Lipinski definition) is 0. The minimum Gasteiger partial charge on any atom is -0.756 e. The van der Waals surface area contributed by atoms with E-state index in [1.165, 1.54) is 0 Å². The average Bonchev–Trinajstić information content (AvgIpc) is 3.18. The van der Waals surface area contributed by atoms with Gasteiger partial charge in [-0.1, -0.05) is 172 Å². The maximum atomic E-state index is 11.9. The van der Waals surface area contributed by atoms with E-state index in [2.05, 4.69) is 41.5 Å². The Balaban J connectivity index is 0.000000878. The Hall–Kier alpha value is 0.121. The molecule has 0 heterocycles. The van der Waals surface area contributed by atoms with E-state index in [4.69, 9.17) is 27.1 Å². The summed E-state index contributed by atoms with van der Waals surface area (Å²) in [4.78, 5) is 35.8. The summed E-state index contributed by atoms with van der Waals surface area (Å²) in [7, 11) is -12.8.